The molecular formula is C11H14N4O2. The van der Waals surface area contributed by atoms with Gasteiger partial charge in [0, 0.05) is 6.04 Å². The Morgan fingerprint density at radius 2 is 1.94 bits per heavy atom. The lowest BCUT2D eigenvalue weighted by Gasteiger charge is -2.12. The van der Waals surface area contributed by atoms with Crippen molar-refractivity contribution in [1.29, 1.82) is 0 Å². The summed E-state index contributed by atoms with van der Waals surface area (Å²) in [6, 6.07) is 0.171. The number of nitrogens with one attached hydrogen (secondary N) is 2. The molecule has 90 valence electrons. The van der Waals surface area contributed by atoms with Crippen LogP contribution in [-0.4, -0.2) is 19.5 Å². The number of fused-ring (bicyclic) bond motifs is 1. The molecule has 3 rings (SSSR count). The number of aromatic amines is 2. The molecule has 0 saturated heterocycles. The molecule has 6 nitrogen and oxygen atoms in total. The van der Waals surface area contributed by atoms with Gasteiger partial charge in [-0.15, -0.1) is 0 Å². The van der Waals surface area contributed by atoms with Gasteiger partial charge in [0.15, 0.2) is 5.65 Å². The van der Waals surface area contributed by atoms with E-state index in [1.54, 1.807) is 11.5 Å². The van der Waals surface area contributed by atoms with Gasteiger partial charge in [0.2, 0.25) is 0 Å². The van der Waals surface area contributed by atoms with Gasteiger partial charge in [-0.05, 0) is 19.8 Å². The summed E-state index contributed by atoms with van der Waals surface area (Å²) in [6.07, 6.45) is 4.21. The quantitative estimate of drug-likeness (QED) is 0.766. The molecule has 0 aliphatic heterocycles. The molecule has 6 heteroatoms. The van der Waals surface area contributed by atoms with E-state index < -0.39 is 0 Å². The summed E-state index contributed by atoms with van der Waals surface area (Å²) in [5, 5.41) is 0. The van der Waals surface area contributed by atoms with Crippen LogP contribution in [0.15, 0.2) is 9.59 Å². The largest absolute Gasteiger partial charge is 0.336 e. The summed E-state index contributed by atoms with van der Waals surface area (Å²) in [6.45, 7) is 1.78. The van der Waals surface area contributed by atoms with Gasteiger partial charge in [0.05, 0.1) is 0 Å². The lowest BCUT2D eigenvalue weighted by Crippen LogP contribution is -2.32. The zero-order valence-corrected chi connectivity index (χ0v) is 9.62. The van der Waals surface area contributed by atoms with E-state index in [-0.39, 0.29) is 17.3 Å². The van der Waals surface area contributed by atoms with E-state index >= 15 is 0 Å². The zero-order valence-electron chi connectivity index (χ0n) is 9.62. The molecule has 2 heterocycles. The molecule has 0 unspecified atom stereocenters. The van der Waals surface area contributed by atoms with Gasteiger partial charge in [0.1, 0.15) is 11.3 Å². The third-order valence-corrected chi connectivity index (χ3v) is 3.39. The molecule has 1 saturated carbocycles. The minimum atomic E-state index is -0.389. The predicted octanol–water partition coefficient (Wildman–Crippen LogP) is 0.836. The fourth-order valence-electron chi connectivity index (χ4n) is 2.63. The molecule has 0 radical (unpaired) electrons. The molecule has 0 aromatic carbocycles. The summed E-state index contributed by atoms with van der Waals surface area (Å²) >= 11 is 0. The number of H-pyrrole nitrogens is 2. The normalized spacial score (nSPS) is 17.0. The average molecular weight is 234 g/mol. The molecule has 2 N–H and O–H groups in total. The topological polar surface area (TPSA) is 83.5 Å². The Bertz CT molecular complexity index is 673. The van der Waals surface area contributed by atoms with Crippen molar-refractivity contribution in [3.63, 3.8) is 0 Å². The standard InChI is InChI=1S/C11H14N4O2/c1-6-12-8-9(13-6)15(7-4-2-3-5-7)11(17)14-10(8)16/h7H,2-5H2,1H3,(H,12,13)(H,14,16,17). The zero-order chi connectivity index (χ0) is 12.0. The molecule has 1 aliphatic rings. The smallest absolute Gasteiger partial charge is 0.330 e. The Morgan fingerprint density at radius 3 is 2.65 bits per heavy atom. The van der Waals surface area contributed by atoms with Crippen molar-refractivity contribution in [2.45, 2.75) is 38.6 Å². The number of hydrogen-bond acceptors (Lipinski definition) is 3. The number of aryl methyl sites for hydroxylation is 1. The molecular weight excluding hydrogens is 220 g/mol. The van der Waals surface area contributed by atoms with E-state index in [0.29, 0.717) is 17.0 Å². The highest BCUT2D eigenvalue weighted by atomic mass is 16.2. The van der Waals surface area contributed by atoms with Crippen LogP contribution in [0.3, 0.4) is 0 Å². The van der Waals surface area contributed by atoms with Crippen LogP contribution < -0.4 is 11.2 Å². The number of hydrogen-bond donors (Lipinski definition) is 2. The van der Waals surface area contributed by atoms with E-state index in [1.165, 1.54) is 0 Å². The molecule has 17 heavy (non-hydrogen) atoms. The average Bonchev–Trinajstić information content (AvgIpc) is 2.87. The van der Waals surface area contributed by atoms with Gasteiger partial charge in [-0.1, -0.05) is 12.8 Å². The van der Waals surface area contributed by atoms with Crippen LogP contribution in [0, 0.1) is 6.92 Å². The van der Waals surface area contributed by atoms with Gasteiger partial charge < -0.3 is 4.98 Å². The molecule has 0 bridgehead atoms. The van der Waals surface area contributed by atoms with Crippen LogP contribution in [0.25, 0.3) is 11.2 Å². The second-order valence-corrected chi connectivity index (χ2v) is 4.59. The summed E-state index contributed by atoms with van der Waals surface area (Å²) < 4.78 is 1.63. The first-order valence-electron chi connectivity index (χ1n) is 5.88. The van der Waals surface area contributed by atoms with Crippen LogP contribution in [-0.2, 0) is 0 Å². The van der Waals surface area contributed by atoms with Gasteiger partial charge in [-0.2, -0.15) is 0 Å². The highest BCUT2D eigenvalue weighted by Crippen LogP contribution is 2.29. The van der Waals surface area contributed by atoms with Gasteiger partial charge in [0.25, 0.3) is 5.56 Å². The minimum Gasteiger partial charge on any atom is -0.336 e. The fourth-order valence-corrected chi connectivity index (χ4v) is 2.63. The summed E-state index contributed by atoms with van der Waals surface area (Å²) in [5.74, 6) is 0.655. The van der Waals surface area contributed by atoms with E-state index in [2.05, 4.69) is 15.0 Å². The third-order valence-electron chi connectivity index (χ3n) is 3.39. The third kappa shape index (κ3) is 1.51. The van der Waals surface area contributed by atoms with Gasteiger partial charge in [-0.25, -0.2) is 9.78 Å². The first-order valence-corrected chi connectivity index (χ1v) is 5.88. The number of imidazole rings is 1. The predicted molar refractivity (Wildman–Crippen MR) is 63.2 cm³/mol. The van der Waals surface area contributed by atoms with E-state index in [0.717, 1.165) is 25.7 Å². The maximum atomic E-state index is 11.9. The second-order valence-electron chi connectivity index (χ2n) is 4.59. The van der Waals surface area contributed by atoms with Crippen LogP contribution in [0.2, 0.25) is 0 Å². The number of rotatable bonds is 1. The van der Waals surface area contributed by atoms with Crippen LogP contribution >= 0.6 is 0 Å². The van der Waals surface area contributed by atoms with Crippen LogP contribution in [0.4, 0.5) is 0 Å². The fraction of sp³-hybridized carbons (Fsp3) is 0.545. The van der Waals surface area contributed by atoms with Crippen LogP contribution in [0.1, 0.15) is 37.5 Å². The number of nitrogens with zero attached hydrogens (tertiary/aromatic N) is 2. The lowest BCUT2D eigenvalue weighted by molar-refractivity contribution is 0.506. The summed E-state index contributed by atoms with van der Waals surface area (Å²) in [7, 11) is 0. The van der Waals surface area contributed by atoms with Crippen molar-refractivity contribution in [3.8, 4) is 0 Å². The Hall–Kier alpha value is -1.85. The molecule has 2 aromatic rings. The first-order chi connectivity index (χ1) is 8.16. The van der Waals surface area contributed by atoms with E-state index in [4.69, 9.17) is 0 Å². The highest BCUT2D eigenvalue weighted by Gasteiger charge is 2.22. The molecule has 1 aliphatic carbocycles. The molecule has 2 aromatic heterocycles. The maximum Gasteiger partial charge on any atom is 0.330 e. The molecule has 1 fully saturated rings. The Kier molecular flexibility index (Phi) is 2.17. The van der Waals surface area contributed by atoms with Crippen molar-refractivity contribution in [2.75, 3.05) is 0 Å². The molecule has 0 spiro atoms. The Morgan fingerprint density at radius 1 is 1.24 bits per heavy atom. The van der Waals surface area contributed by atoms with Crippen molar-refractivity contribution >= 4 is 11.2 Å². The van der Waals surface area contributed by atoms with Gasteiger partial charge in [-0.3, -0.25) is 14.3 Å². The van der Waals surface area contributed by atoms with Crippen molar-refractivity contribution in [3.05, 3.63) is 26.7 Å². The van der Waals surface area contributed by atoms with Crippen molar-refractivity contribution in [2.24, 2.45) is 0 Å². The minimum absolute atomic E-state index is 0.171. The SMILES string of the molecule is Cc1nc2c([nH]1)c(=O)[nH]c(=O)n2C1CCCC1. The Balaban J connectivity index is 2.35. The lowest BCUT2D eigenvalue weighted by atomic mass is 10.2. The molecule has 0 atom stereocenters. The maximum absolute atomic E-state index is 11.9. The van der Waals surface area contributed by atoms with E-state index in [1.807, 2.05) is 0 Å². The van der Waals surface area contributed by atoms with Crippen molar-refractivity contribution < 1.29 is 0 Å². The second kappa shape index (κ2) is 3.58. The highest BCUT2D eigenvalue weighted by molar-refractivity contribution is 5.69. The van der Waals surface area contributed by atoms with E-state index in [9.17, 15) is 9.59 Å². The first kappa shape index (κ1) is 10.3. The Labute approximate surface area is 96.7 Å². The van der Waals surface area contributed by atoms with Gasteiger partial charge >= 0.3 is 5.69 Å². The number of aromatic nitrogens is 4. The summed E-state index contributed by atoms with van der Waals surface area (Å²) in [5.41, 5.74) is 0.151. The monoisotopic (exact) mass is 234 g/mol. The molecule has 0 amide bonds. The van der Waals surface area contributed by atoms with Crippen LogP contribution in [0.5, 0.6) is 0 Å². The van der Waals surface area contributed by atoms with Crippen molar-refractivity contribution in [1.82, 2.24) is 19.5 Å². The summed E-state index contributed by atoms with van der Waals surface area (Å²) in [4.78, 5) is 33.1.